The quantitative estimate of drug-likeness (QED) is 0.501. The van der Waals surface area contributed by atoms with Crippen LogP contribution in [0.3, 0.4) is 0 Å². The van der Waals surface area contributed by atoms with Crippen molar-refractivity contribution in [3.05, 3.63) is 17.9 Å². The third kappa shape index (κ3) is 4.08. The van der Waals surface area contributed by atoms with Gasteiger partial charge in [0.05, 0.1) is 0 Å². The maximum atomic E-state index is 11.6. The molecule has 1 aromatic heterocycles. The van der Waals surface area contributed by atoms with Crippen LogP contribution < -0.4 is 4.59 Å². The van der Waals surface area contributed by atoms with Crippen LogP contribution in [-0.4, -0.2) is 46.7 Å². The summed E-state index contributed by atoms with van der Waals surface area (Å²) in [7, 11) is 0. The Morgan fingerprint density at radius 3 is 2.00 bits per heavy atom. The molecule has 0 N–H and O–H groups in total. The van der Waals surface area contributed by atoms with Crippen molar-refractivity contribution in [3.8, 4) is 0 Å². The number of esters is 1. The molecule has 0 fully saturated rings. The molecule has 1 aromatic rings. The molecule has 0 atom stereocenters. The Hall–Kier alpha value is -0.827. The topological polar surface area (TPSA) is 67.1 Å². The zero-order valence-corrected chi connectivity index (χ0v) is 14.5. The van der Waals surface area contributed by atoms with Gasteiger partial charge in [-0.2, -0.15) is 0 Å². The van der Waals surface area contributed by atoms with E-state index in [9.17, 15) is 4.79 Å². The standard InChI is InChI=1S/C13H22GeO6/c1-5-16-13(15)11-9-10-12(20-11)14(17-6-2,18-7-3)19-8-4/h9-10H,5-8H2,1-4H3. The van der Waals surface area contributed by atoms with Gasteiger partial charge in [-0.3, -0.25) is 0 Å². The van der Waals surface area contributed by atoms with E-state index in [0.29, 0.717) is 31.0 Å². The van der Waals surface area contributed by atoms with E-state index in [1.807, 2.05) is 20.8 Å². The predicted molar refractivity (Wildman–Crippen MR) is 74.9 cm³/mol. The maximum absolute atomic E-state index is 11.6. The third-order valence-electron chi connectivity index (χ3n) is 2.39. The van der Waals surface area contributed by atoms with Gasteiger partial charge in [0.25, 0.3) is 0 Å². The monoisotopic (exact) mass is 348 g/mol. The first kappa shape index (κ1) is 17.2. The van der Waals surface area contributed by atoms with Crippen LogP contribution in [0.5, 0.6) is 0 Å². The number of carbonyl (C=O) groups is 1. The van der Waals surface area contributed by atoms with Crippen molar-refractivity contribution in [2.24, 2.45) is 0 Å². The van der Waals surface area contributed by atoms with Crippen molar-refractivity contribution in [1.82, 2.24) is 0 Å². The second-order valence-corrected chi connectivity index (χ2v) is 8.92. The Kier molecular flexibility index (Phi) is 7.28. The average molecular weight is 347 g/mol. The van der Waals surface area contributed by atoms with Crippen LogP contribution >= 0.6 is 0 Å². The summed E-state index contributed by atoms with van der Waals surface area (Å²) in [5, 5.41) is 0. The summed E-state index contributed by atoms with van der Waals surface area (Å²) in [5.74, 6) is -0.365. The predicted octanol–water partition coefficient (Wildman–Crippen LogP) is 1.71. The zero-order valence-electron chi connectivity index (χ0n) is 12.4. The van der Waals surface area contributed by atoms with Crippen molar-refractivity contribution in [2.45, 2.75) is 27.7 Å². The van der Waals surface area contributed by atoms with Gasteiger partial charge in [-0.25, -0.2) is 0 Å². The molecule has 114 valence electrons. The van der Waals surface area contributed by atoms with Crippen LogP contribution in [0.4, 0.5) is 0 Å². The van der Waals surface area contributed by atoms with Crippen LogP contribution in [0.1, 0.15) is 38.2 Å². The molecule has 20 heavy (non-hydrogen) atoms. The van der Waals surface area contributed by atoms with Gasteiger partial charge in [0.15, 0.2) is 0 Å². The Morgan fingerprint density at radius 2 is 1.55 bits per heavy atom. The fourth-order valence-electron chi connectivity index (χ4n) is 1.72. The number of carbonyl (C=O) groups excluding carboxylic acids is 1. The fraction of sp³-hybridized carbons (Fsp3) is 0.615. The van der Waals surface area contributed by atoms with Gasteiger partial charge in [-0.1, -0.05) is 0 Å². The van der Waals surface area contributed by atoms with E-state index in [-0.39, 0.29) is 5.76 Å². The number of furan rings is 1. The summed E-state index contributed by atoms with van der Waals surface area (Å²) < 4.78 is 28.2. The molecule has 7 heteroatoms. The Balaban J connectivity index is 3.03. The van der Waals surface area contributed by atoms with E-state index in [0.717, 1.165) is 0 Å². The third-order valence-corrected chi connectivity index (χ3v) is 8.43. The first-order valence-corrected chi connectivity index (χ1v) is 10.4. The van der Waals surface area contributed by atoms with Gasteiger partial charge in [-0.15, -0.1) is 0 Å². The molecule has 0 aromatic carbocycles. The minimum absolute atomic E-state index is 0.135. The van der Waals surface area contributed by atoms with Gasteiger partial charge in [0, 0.05) is 0 Å². The molecule has 0 radical (unpaired) electrons. The van der Waals surface area contributed by atoms with Crippen molar-refractivity contribution in [3.63, 3.8) is 0 Å². The van der Waals surface area contributed by atoms with Crippen LogP contribution in [0.15, 0.2) is 16.5 Å². The van der Waals surface area contributed by atoms with Crippen molar-refractivity contribution in [1.29, 1.82) is 0 Å². The second-order valence-electron chi connectivity index (χ2n) is 3.74. The van der Waals surface area contributed by atoms with Crippen LogP contribution in [0, 0.1) is 0 Å². The second kappa shape index (κ2) is 8.46. The molecule has 0 aliphatic carbocycles. The van der Waals surface area contributed by atoms with Gasteiger partial charge < -0.3 is 0 Å². The normalized spacial score (nSPS) is 11.6. The molecular weight excluding hydrogens is 325 g/mol. The zero-order chi connectivity index (χ0) is 15.0. The molecule has 0 spiro atoms. The summed E-state index contributed by atoms with van der Waals surface area (Å²) in [6.45, 7) is 9.00. The molecular formula is C13H22GeO6. The van der Waals surface area contributed by atoms with E-state index >= 15 is 0 Å². The average Bonchev–Trinajstić information content (AvgIpc) is 2.90. The van der Waals surface area contributed by atoms with Gasteiger partial charge in [0.1, 0.15) is 0 Å². The molecule has 0 saturated heterocycles. The molecule has 0 amide bonds. The van der Waals surface area contributed by atoms with E-state index in [2.05, 4.69) is 0 Å². The minimum atomic E-state index is -3.68. The molecule has 0 saturated carbocycles. The molecule has 6 nitrogen and oxygen atoms in total. The van der Waals surface area contributed by atoms with Crippen LogP contribution in [0.2, 0.25) is 0 Å². The van der Waals surface area contributed by atoms with Crippen molar-refractivity contribution >= 4 is 24.8 Å². The first-order valence-electron chi connectivity index (χ1n) is 6.82. The summed E-state index contributed by atoms with van der Waals surface area (Å²) in [5.41, 5.74) is 0. The number of ether oxygens (including phenoxy) is 1. The summed E-state index contributed by atoms with van der Waals surface area (Å²) >= 11 is -3.68. The molecule has 1 rings (SSSR count). The van der Waals surface area contributed by atoms with Crippen molar-refractivity contribution < 1.29 is 25.2 Å². The van der Waals surface area contributed by atoms with E-state index < -0.39 is 20.2 Å². The number of hydrogen-bond donors (Lipinski definition) is 0. The van der Waals surface area contributed by atoms with Crippen molar-refractivity contribution in [2.75, 3.05) is 26.4 Å². The number of rotatable bonds is 9. The van der Waals surface area contributed by atoms with Gasteiger partial charge in [0.2, 0.25) is 0 Å². The summed E-state index contributed by atoms with van der Waals surface area (Å²) in [6.07, 6.45) is 0. The fourth-order valence-corrected chi connectivity index (χ4v) is 6.63. The molecule has 0 unspecified atom stereocenters. The van der Waals surface area contributed by atoms with Crippen LogP contribution in [0.25, 0.3) is 0 Å². The van der Waals surface area contributed by atoms with Gasteiger partial charge >= 0.3 is 122 Å². The molecule has 0 aliphatic heterocycles. The first-order chi connectivity index (χ1) is 9.63. The summed E-state index contributed by atoms with van der Waals surface area (Å²) in [6, 6.07) is 3.23. The summed E-state index contributed by atoms with van der Waals surface area (Å²) in [4.78, 5) is 11.6. The molecule has 1 heterocycles. The van der Waals surface area contributed by atoms with Crippen LogP contribution in [-0.2, 0) is 16.0 Å². The molecule has 0 aliphatic rings. The number of hydrogen-bond acceptors (Lipinski definition) is 6. The molecule has 0 bridgehead atoms. The Bertz CT molecular complexity index is 400. The SMILES string of the molecule is CCOC(=O)c1cc[c]([Ge]([O]CC)([O]CC)[O]CC)o1. The van der Waals surface area contributed by atoms with E-state index in [1.165, 1.54) is 0 Å². The van der Waals surface area contributed by atoms with E-state index in [1.54, 1.807) is 19.1 Å². The Labute approximate surface area is 122 Å². The Morgan fingerprint density at radius 1 is 1.00 bits per heavy atom. The van der Waals surface area contributed by atoms with Gasteiger partial charge in [-0.05, 0) is 0 Å². The van der Waals surface area contributed by atoms with E-state index in [4.69, 9.17) is 20.4 Å².